The van der Waals surface area contributed by atoms with E-state index in [0.717, 1.165) is 50.0 Å². The number of ketones is 1. The summed E-state index contributed by atoms with van der Waals surface area (Å²) in [4.78, 5) is 40.9. The average Bonchev–Trinajstić information content (AvgIpc) is 3.54. The van der Waals surface area contributed by atoms with Crippen molar-refractivity contribution in [1.29, 1.82) is 0 Å². The summed E-state index contributed by atoms with van der Waals surface area (Å²) < 4.78 is 5.07. The third-order valence-corrected chi connectivity index (χ3v) is 6.05. The van der Waals surface area contributed by atoms with Crippen LogP contribution in [0.3, 0.4) is 0 Å². The first-order chi connectivity index (χ1) is 16.0. The molecule has 2 heterocycles. The Kier molecular flexibility index (Phi) is 7.26. The number of hydrogen-bond acceptors (Lipinski definition) is 5. The van der Waals surface area contributed by atoms with Crippen molar-refractivity contribution < 1.29 is 18.8 Å². The molecule has 4 rings (SSSR count). The Hall–Kier alpha value is -3.37. The molecule has 1 aliphatic heterocycles. The molecule has 0 bridgehead atoms. The van der Waals surface area contributed by atoms with Crippen LogP contribution >= 0.6 is 0 Å². The van der Waals surface area contributed by atoms with Crippen molar-refractivity contribution in [2.24, 2.45) is 5.92 Å². The van der Waals surface area contributed by atoms with E-state index in [1.807, 2.05) is 24.3 Å². The fraction of sp³-hybridized carbons (Fsp3) is 0.423. The lowest BCUT2D eigenvalue weighted by atomic mass is 10.1. The topological polar surface area (TPSA) is 82.9 Å². The summed E-state index contributed by atoms with van der Waals surface area (Å²) in [5.41, 5.74) is 1.70. The number of rotatable bonds is 7. The van der Waals surface area contributed by atoms with Crippen LogP contribution in [0.15, 0.2) is 47.1 Å². The minimum absolute atomic E-state index is 0.0852. The van der Waals surface area contributed by atoms with Gasteiger partial charge < -0.3 is 14.6 Å². The minimum atomic E-state index is -0.606. The van der Waals surface area contributed by atoms with Gasteiger partial charge in [-0.25, -0.2) is 0 Å². The van der Waals surface area contributed by atoms with Gasteiger partial charge in [0.15, 0.2) is 11.5 Å². The third-order valence-electron chi connectivity index (χ3n) is 6.05. The number of furan rings is 1. The van der Waals surface area contributed by atoms with Gasteiger partial charge in [-0.1, -0.05) is 24.0 Å². The number of nitrogens with zero attached hydrogens (tertiary/aromatic N) is 2. The third kappa shape index (κ3) is 6.11. The largest absolute Gasteiger partial charge is 0.459 e. The van der Waals surface area contributed by atoms with E-state index < -0.39 is 6.04 Å². The maximum atomic E-state index is 12.7. The first-order valence-corrected chi connectivity index (χ1v) is 11.5. The molecule has 1 aliphatic carbocycles. The normalized spacial score (nSPS) is 17.1. The van der Waals surface area contributed by atoms with Crippen molar-refractivity contribution in [2.75, 3.05) is 32.7 Å². The van der Waals surface area contributed by atoms with E-state index in [-0.39, 0.29) is 29.3 Å². The lowest BCUT2D eigenvalue weighted by Gasteiger charge is -2.35. The summed E-state index contributed by atoms with van der Waals surface area (Å²) in [6.45, 7) is 5.36. The van der Waals surface area contributed by atoms with Gasteiger partial charge in [0.05, 0.1) is 6.26 Å². The quantitative estimate of drug-likeness (QED) is 0.521. The summed E-state index contributed by atoms with van der Waals surface area (Å²) >= 11 is 0. The monoisotopic (exact) mass is 447 g/mol. The highest BCUT2D eigenvalue weighted by Crippen LogP contribution is 2.32. The van der Waals surface area contributed by atoms with Crippen molar-refractivity contribution in [1.82, 2.24) is 15.1 Å². The van der Waals surface area contributed by atoms with Crippen LogP contribution in [0.5, 0.6) is 0 Å². The van der Waals surface area contributed by atoms with Crippen LogP contribution in [-0.4, -0.2) is 66.2 Å². The predicted molar refractivity (Wildman–Crippen MR) is 124 cm³/mol. The molecule has 7 nitrogen and oxygen atoms in total. The van der Waals surface area contributed by atoms with Gasteiger partial charge in [0.25, 0.3) is 5.91 Å². The van der Waals surface area contributed by atoms with Crippen LogP contribution in [0.1, 0.15) is 52.7 Å². The Labute approximate surface area is 194 Å². The Bertz CT molecular complexity index is 1040. The van der Waals surface area contributed by atoms with Gasteiger partial charge in [-0.2, -0.15) is 0 Å². The highest BCUT2D eigenvalue weighted by Gasteiger charge is 2.30. The maximum absolute atomic E-state index is 12.7. The zero-order valence-corrected chi connectivity index (χ0v) is 18.9. The lowest BCUT2D eigenvalue weighted by Crippen LogP contribution is -2.54. The molecule has 1 aromatic heterocycles. The van der Waals surface area contributed by atoms with E-state index >= 15 is 0 Å². The van der Waals surface area contributed by atoms with E-state index in [2.05, 4.69) is 22.1 Å². The first-order valence-electron chi connectivity index (χ1n) is 11.5. The molecule has 172 valence electrons. The number of carbonyl (C=O) groups excluding carboxylic acids is 3. The predicted octanol–water partition coefficient (Wildman–Crippen LogP) is 2.58. The number of amides is 2. The summed E-state index contributed by atoms with van der Waals surface area (Å²) in [6.07, 6.45) is 4.21. The van der Waals surface area contributed by atoms with Gasteiger partial charge in [-0.3, -0.25) is 19.3 Å². The highest BCUT2D eigenvalue weighted by atomic mass is 16.3. The molecule has 1 saturated heterocycles. The minimum Gasteiger partial charge on any atom is -0.459 e. The van der Waals surface area contributed by atoms with Crippen molar-refractivity contribution in [3.05, 3.63) is 59.5 Å². The van der Waals surface area contributed by atoms with Crippen LogP contribution in [0.25, 0.3) is 0 Å². The molecule has 1 aromatic carbocycles. The fourth-order valence-electron chi connectivity index (χ4n) is 3.88. The second kappa shape index (κ2) is 10.5. The first kappa shape index (κ1) is 22.8. The van der Waals surface area contributed by atoms with Crippen LogP contribution in [0, 0.1) is 17.8 Å². The van der Waals surface area contributed by atoms with Crippen LogP contribution < -0.4 is 5.32 Å². The Morgan fingerprint density at radius 1 is 1.09 bits per heavy atom. The van der Waals surface area contributed by atoms with Crippen LogP contribution in [0.2, 0.25) is 0 Å². The molecule has 7 heteroatoms. The van der Waals surface area contributed by atoms with Crippen molar-refractivity contribution >= 4 is 17.6 Å². The molecular formula is C26H29N3O4. The standard InChI is InChI=1S/C26H29N3O4/c1-19(27-25(31)23-6-4-18-33-23)26(32)29-16-14-28(15-17-29)13-3-2-5-20-7-9-21(10-8-20)24(30)22-11-12-22/h4,6-10,18-19,22H,3,11-17H2,1H3,(H,27,31). The number of nitrogens with one attached hydrogen (secondary N) is 1. The summed E-state index contributed by atoms with van der Waals surface area (Å²) in [7, 11) is 0. The number of carbonyl (C=O) groups is 3. The van der Waals surface area contributed by atoms with Crippen molar-refractivity contribution in [3.63, 3.8) is 0 Å². The molecule has 1 unspecified atom stereocenters. The maximum Gasteiger partial charge on any atom is 0.287 e. The Balaban J connectivity index is 1.16. The van der Waals surface area contributed by atoms with Crippen LogP contribution in [0.4, 0.5) is 0 Å². The molecule has 1 saturated carbocycles. The van der Waals surface area contributed by atoms with Crippen LogP contribution in [-0.2, 0) is 4.79 Å². The summed E-state index contributed by atoms with van der Waals surface area (Å²) in [5.74, 6) is 6.59. The zero-order chi connectivity index (χ0) is 23.2. The van der Waals surface area contributed by atoms with Gasteiger partial charge in [-0.15, -0.1) is 0 Å². The van der Waals surface area contributed by atoms with Crippen molar-refractivity contribution in [2.45, 2.75) is 32.2 Å². The van der Waals surface area contributed by atoms with Crippen molar-refractivity contribution in [3.8, 4) is 11.8 Å². The lowest BCUT2D eigenvalue weighted by molar-refractivity contribution is -0.134. The van der Waals surface area contributed by atoms with Gasteiger partial charge in [0, 0.05) is 56.2 Å². The molecule has 2 aliphatic rings. The number of piperazine rings is 1. The van der Waals surface area contributed by atoms with Gasteiger partial charge in [0.1, 0.15) is 6.04 Å². The number of hydrogen-bond donors (Lipinski definition) is 1. The molecule has 0 radical (unpaired) electrons. The van der Waals surface area contributed by atoms with Gasteiger partial charge >= 0.3 is 0 Å². The Morgan fingerprint density at radius 2 is 1.82 bits per heavy atom. The second-order valence-corrected chi connectivity index (χ2v) is 8.61. The molecule has 1 N–H and O–H groups in total. The smallest absolute Gasteiger partial charge is 0.287 e. The summed E-state index contributed by atoms with van der Waals surface area (Å²) in [6, 6.07) is 10.2. The molecular weight excluding hydrogens is 418 g/mol. The fourth-order valence-corrected chi connectivity index (χ4v) is 3.88. The number of benzene rings is 1. The SMILES string of the molecule is CC(NC(=O)c1ccco1)C(=O)N1CCN(CCC#Cc2ccc(C(=O)C3CC3)cc2)CC1. The van der Waals surface area contributed by atoms with E-state index in [9.17, 15) is 14.4 Å². The average molecular weight is 448 g/mol. The number of Topliss-reactive ketones (excluding diaryl/α,β-unsaturated/α-hetero) is 1. The van der Waals surface area contributed by atoms with E-state index in [1.165, 1.54) is 6.26 Å². The molecule has 2 fully saturated rings. The zero-order valence-electron chi connectivity index (χ0n) is 18.9. The highest BCUT2D eigenvalue weighted by molar-refractivity contribution is 5.99. The van der Waals surface area contributed by atoms with Gasteiger partial charge in [0.2, 0.25) is 5.91 Å². The van der Waals surface area contributed by atoms with Gasteiger partial charge in [-0.05, 0) is 44.0 Å². The molecule has 0 spiro atoms. The second-order valence-electron chi connectivity index (χ2n) is 8.61. The van der Waals surface area contributed by atoms with E-state index in [4.69, 9.17) is 4.42 Å². The summed E-state index contributed by atoms with van der Waals surface area (Å²) in [5, 5.41) is 2.69. The Morgan fingerprint density at radius 3 is 2.45 bits per heavy atom. The molecule has 1 atom stereocenters. The molecule has 2 aromatic rings. The molecule has 2 amide bonds. The van der Waals surface area contributed by atoms with E-state index in [0.29, 0.717) is 13.1 Å². The van der Waals surface area contributed by atoms with E-state index in [1.54, 1.807) is 24.0 Å². The molecule has 33 heavy (non-hydrogen) atoms.